The van der Waals surface area contributed by atoms with Gasteiger partial charge in [0, 0.05) is 30.7 Å². The smallest absolute Gasteiger partial charge is 0.128 e. The van der Waals surface area contributed by atoms with E-state index in [-0.39, 0.29) is 14.9 Å². The van der Waals surface area contributed by atoms with Gasteiger partial charge in [0.25, 0.3) is 0 Å². The Morgan fingerprint density at radius 3 is 1.73 bits per heavy atom. The molecule has 0 aliphatic rings. The number of hydrogen-bond acceptors (Lipinski definition) is 3. The van der Waals surface area contributed by atoms with E-state index in [1.54, 1.807) is 12.4 Å². The van der Waals surface area contributed by atoms with Gasteiger partial charge in [-0.3, -0.25) is 4.98 Å². The Hall–Kier alpha value is -1.77. The molecule has 0 radical (unpaired) electrons. The normalized spacial score (nSPS) is 9.36. The predicted octanol–water partition coefficient (Wildman–Crippen LogP) is 5.23. The second-order valence-electron chi connectivity index (χ2n) is 5.68. The van der Waals surface area contributed by atoms with Gasteiger partial charge in [-0.15, -0.1) is 0 Å². The Labute approximate surface area is 137 Å². The fourth-order valence-electron chi connectivity index (χ4n) is 1.74. The van der Waals surface area contributed by atoms with Crippen molar-refractivity contribution in [2.24, 2.45) is 11.8 Å². The van der Waals surface area contributed by atoms with E-state index in [9.17, 15) is 0 Å². The van der Waals surface area contributed by atoms with Gasteiger partial charge in [0.1, 0.15) is 5.82 Å². The summed E-state index contributed by atoms with van der Waals surface area (Å²) in [5, 5.41) is 0. The van der Waals surface area contributed by atoms with Gasteiger partial charge in [-0.1, -0.05) is 48.6 Å². The molecule has 0 fully saturated rings. The molecule has 3 heteroatoms. The number of rotatable bonds is 4. The second kappa shape index (κ2) is 12.9. The summed E-state index contributed by atoms with van der Waals surface area (Å²) in [6.07, 6.45) is 7.47. The highest BCUT2D eigenvalue weighted by molar-refractivity contribution is 5.03. The topological polar surface area (TPSA) is 38.7 Å². The zero-order valence-corrected chi connectivity index (χ0v) is 13.0. The van der Waals surface area contributed by atoms with Crippen molar-refractivity contribution in [2.75, 3.05) is 0 Å². The van der Waals surface area contributed by atoms with Crippen molar-refractivity contribution in [3.8, 4) is 0 Å². The van der Waals surface area contributed by atoms with Gasteiger partial charge in [-0.25, -0.2) is 9.97 Å². The summed E-state index contributed by atoms with van der Waals surface area (Å²) < 4.78 is 0. The van der Waals surface area contributed by atoms with Gasteiger partial charge in [0.2, 0.25) is 0 Å². The summed E-state index contributed by atoms with van der Waals surface area (Å²) in [4.78, 5) is 12.4. The summed E-state index contributed by atoms with van der Waals surface area (Å²) in [6, 6.07) is 7.89. The molecule has 0 amide bonds. The van der Waals surface area contributed by atoms with Crippen LogP contribution in [0.15, 0.2) is 42.9 Å². The lowest BCUT2D eigenvalue weighted by molar-refractivity contribution is 0.620. The highest BCUT2D eigenvalue weighted by Crippen LogP contribution is 2.03. The van der Waals surface area contributed by atoms with E-state index in [4.69, 9.17) is 0 Å². The lowest BCUT2D eigenvalue weighted by Crippen LogP contribution is -1.98. The van der Waals surface area contributed by atoms with Crippen LogP contribution in [0.1, 0.15) is 54.1 Å². The zero-order chi connectivity index (χ0) is 14.8. The van der Waals surface area contributed by atoms with E-state index in [0.717, 1.165) is 18.7 Å². The standard InChI is InChI=1S/C9H13N.C8H12N2.2CH4/c1-8(2)7-9-5-3-4-6-10-9;1-7(2)6-8-9-4-3-5-10-8;;/h3-6,8H,7H2,1-2H3;3-5,7H,6H2,1-2H3;2*1H4. The number of hydrogen-bond donors (Lipinski definition) is 0. The molecule has 2 heterocycles. The third-order valence-electron chi connectivity index (χ3n) is 2.55. The average molecular weight is 303 g/mol. The molecule has 3 nitrogen and oxygen atoms in total. The molecule has 2 aromatic rings. The first-order valence-electron chi connectivity index (χ1n) is 7.23. The summed E-state index contributed by atoms with van der Waals surface area (Å²) in [7, 11) is 0. The minimum atomic E-state index is 0. The van der Waals surface area contributed by atoms with E-state index >= 15 is 0 Å². The molecular weight excluding hydrogens is 270 g/mol. The quantitative estimate of drug-likeness (QED) is 0.776. The maximum absolute atomic E-state index is 4.22. The molecule has 2 aromatic heterocycles. The predicted molar refractivity (Wildman–Crippen MR) is 96.8 cm³/mol. The van der Waals surface area contributed by atoms with Gasteiger partial charge in [0.05, 0.1) is 0 Å². The van der Waals surface area contributed by atoms with Gasteiger partial charge in [0.15, 0.2) is 0 Å². The van der Waals surface area contributed by atoms with Crippen LogP contribution in [-0.2, 0) is 12.8 Å². The molecule has 0 saturated heterocycles. The fourth-order valence-corrected chi connectivity index (χ4v) is 1.74. The molecule has 0 saturated carbocycles. The van der Waals surface area contributed by atoms with Crippen molar-refractivity contribution in [2.45, 2.75) is 55.4 Å². The summed E-state index contributed by atoms with van der Waals surface area (Å²) in [6.45, 7) is 8.73. The van der Waals surface area contributed by atoms with Gasteiger partial charge in [-0.2, -0.15) is 0 Å². The van der Waals surface area contributed by atoms with Crippen molar-refractivity contribution >= 4 is 0 Å². The summed E-state index contributed by atoms with van der Waals surface area (Å²) in [5.41, 5.74) is 1.19. The Morgan fingerprint density at radius 2 is 1.27 bits per heavy atom. The Bertz CT molecular complexity index is 407. The van der Waals surface area contributed by atoms with E-state index in [1.165, 1.54) is 5.69 Å². The van der Waals surface area contributed by atoms with Gasteiger partial charge >= 0.3 is 0 Å². The maximum atomic E-state index is 4.22. The fraction of sp³-hybridized carbons (Fsp3) is 0.526. The summed E-state index contributed by atoms with van der Waals surface area (Å²) >= 11 is 0. The Morgan fingerprint density at radius 1 is 0.727 bits per heavy atom. The van der Waals surface area contributed by atoms with Crippen molar-refractivity contribution < 1.29 is 0 Å². The van der Waals surface area contributed by atoms with Crippen molar-refractivity contribution in [3.63, 3.8) is 0 Å². The van der Waals surface area contributed by atoms with E-state index in [2.05, 4.69) is 48.7 Å². The van der Waals surface area contributed by atoms with Crippen molar-refractivity contribution in [3.05, 3.63) is 54.4 Å². The lowest BCUT2D eigenvalue weighted by Gasteiger charge is -2.01. The number of aromatic nitrogens is 3. The largest absolute Gasteiger partial charge is 0.261 e. The van der Waals surface area contributed by atoms with Crippen molar-refractivity contribution in [1.29, 1.82) is 0 Å². The first kappa shape index (κ1) is 22.5. The molecule has 0 aromatic carbocycles. The molecule has 0 N–H and O–H groups in total. The molecule has 0 aliphatic heterocycles. The van der Waals surface area contributed by atoms with Crippen LogP contribution in [0.4, 0.5) is 0 Å². The zero-order valence-electron chi connectivity index (χ0n) is 13.0. The molecule has 22 heavy (non-hydrogen) atoms. The highest BCUT2D eigenvalue weighted by atomic mass is 14.8. The SMILES string of the molecule is C.C.CC(C)Cc1ccccn1.CC(C)Cc1ncccn1. The molecule has 0 unspecified atom stereocenters. The second-order valence-corrected chi connectivity index (χ2v) is 5.68. The minimum Gasteiger partial charge on any atom is -0.261 e. The Balaban J connectivity index is 0. The van der Waals surface area contributed by atoms with Crippen LogP contribution >= 0.6 is 0 Å². The van der Waals surface area contributed by atoms with Crippen LogP contribution in [0.5, 0.6) is 0 Å². The van der Waals surface area contributed by atoms with E-state index in [0.29, 0.717) is 11.8 Å². The number of nitrogens with zero attached hydrogens (tertiary/aromatic N) is 3. The molecule has 0 spiro atoms. The van der Waals surface area contributed by atoms with E-state index < -0.39 is 0 Å². The first-order valence-corrected chi connectivity index (χ1v) is 7.23. The third-order valence-corrected chi connectivity index (χ3v) is 2.55. The Kier molecular flexibility index (Phi) is 13.2. The highest BCUT2D eigenvalue weighted by Gasteiger charge is 1.97. The summed E-state index contributed by atoms with van der Waals surface area (Å²) in [5.74, 6) is 2.29. The molecule has 124 valence electrons. The minimum absolute atomic E-state index is 0. The molecule has 0 bridgehead atoms. The first-order chi connectivity index (χ1) is 9.58. The molecule has 2 rings (SSSR count). The van der Waals surface area contributed by atoms with Crippen LogP contribution in [0.2, 0.25) is 0 Å². The average Bonchev–Trinajstić information content (AvgIpc) is 2.40. The molecular formula is C19H33N3. The van der Waals surface area contributed by atoms with Crippen LogP contribution in [0, 0.1) is 11.8 Å². The molecule has 0 atom stereocenters. The number of pyridine rings is 1. The van der Waals surface area contributed by atoms with Gasteiger partial charge in [-0.05, 0) is 36.5 Å². The molecule has 0 aliphatic carbocycles. The third kappa shape index (κ3) is 11.0. The van der Waals surface area contributed by atoms with Crippen LogP contribution < -0.4 is 0 Å². The van der Waals surface area contributed by atoms with Crippen LogP contribution in [0.3, 0.4) is 0 Å². The van der Waals surface area contributed by atoms with Crippen LogP contribution in [-0.4, -0.2) is 15.0 Å². The van der Waals surface area contributed by atoms with Crippen LogP contribution in [0.25, 0.3) is 0 Å². The maximum Gasteiger partial charge on any atom is 0.128 e. The van der Waals surface area contributed by atoms with Crippen molar-refractivity contribution in [1.82, 2.24) is 15.0 Å². The van der Waals surface area contributed by atoms with E-state index in [1.807, 2.05) is 24.4 Å². The van der Waals surface area contributed by atoms with Gasteiger partial charge < -0.3 is 0 Å². The lowest BCUT2D eigenvalue weighted by atomic mass is 10.1. The monoisotopic (exact) mass is 303 g/mol.